The van der Waals surface area contributed by atoms with Crippen LogP contribution in [0.15, 0.2) is 38.3 Å². The average Bonchev–Trinajstić information content (AvgIpc) is 2.89. The molecule has 0 atom stereocenters. The van der Waals surface area contributed by atoms with E-state index in [1.54, 1.807) is 18.4 Å². The summed E-state index contributed by atoms with van der Waals surface area (Å²) in [6, 6.07) is 3.28. The van der Waals surface area contributed by atoms with Gasteiger partial charge in [-0.05, 0) is 28.1 Å². The largest absolute Gasteiger partial charge is 0.451 e. The van der Waals surface area contributed by atoms with Gasteiger partial charge < -0.3 is 14.2 Å². The molecule has 1 amide bonds. The fourth-order valence-electron chi connectivity index (χ4n) is 1.19. The summed E-state index contributed by atoms with van der Waals surface area (Å²) in [6.07, 6.45) is 3.54. The van der Waals surface area contributed by atoms with Gasteiger partial charge in [0, 0.05) is 13.0 Å². The Balaban J connectivity index is 1.80. The van der Waals surface area contributed by atoms with Crippen LogP contribution in [0, 0.1) is 0 Å². The molecule has 0 aliphatic rings. The number of oxazole rings is 1. The van der Waals surface area contributed by atoms with Crippen molar-refractivity contribution in [2.45, 2.75) is 6.42 Å². The Bertz CT molecular complexity index is 464. The lowest BCUT2D eigenvalue weighted by Gasteiger charge is -2.00. The van der Waals surface area contributed by atoms with Gasteiger partial charge in [-0.3, -0.25) is 4.79 Å². The molecule has 0 spiro atoms. The van der Waals surface area contributed by atoms with Gasteiger partial charge in [0.15, 0.2) is 16.8 Å². The normalized spacial score (nSPS) is 10.3. The lowest BCUT2D eigenvalue weighted by Crippen LogP contribution is -2.25. The van der Waals surface area contributed by atoms with E-state index >= 15 is 0 Å². The van der Waals surface area contributed by atoms with E-state index in [0.29, 0.717) is 17.6 Å². The van der Waals surface area contributed by atoms with Crippen molar-refractivity contribution in [3.63, 3.8) is 0 Å². The smallest absolute Gasteiger partial charge is 0.287 e. The van der Waals surface area contributed by atoms with Crippen molar-refractivity contribution in [3.8, 4) is 0 Å². The summed E-state index contributed by atoms with van der Waals surface area (Å²) >= 11 is 3.13. The molecule has 0 radical (unpaired) electrons. The number of nitrogens with one attached hydrogen (secondary N) is 1. The minimum absolute atomic E-state index is 0.241. The fraction of sp³-hybridized carbons (Fsp3) is 0.200. The molecule has 0 unspecified atom stereocenters. The molecule has 0 aliphatic carbocycles. The zero-order valence-electron chi connectivity index (χ0n) is 8.27. The van der Waals surface area contributed by atoms with Crippen LogP contribution >= 0.6 is 15.9 Å². The zero-order valence-corrected chi connectivity index (χ0v) is 9.86. The summed E-state index contributed by atoms with van der Waals surface area (Å²) in [4.78, 5) is 15.5. The number of hydrogen-bond acceptors (Lipinski definition) is 4. The van der Waals surface area contributed by atoms with E-state index in [9.17, 15) is 4.79 Å². The van der Waals surface area contributed by atoms with Gasteiger partial charge in [-0.1, -0.05) is 0 Å². The Hall–Kier alpha value is -1.56. The third-order valence-electron chi connectivity index (χ3n) is 1.95. The highest BCUT2D eigenvalue weighted by molar-refractivity contribution is 9.10. The summed E-state index contributed by atoms with van der Waals surface area (Å²) in [7, 11) is 0. The van der Waals surface area contributed by atoms with E-state index in [2.05, 4.69) is 26.2 Å². The first-order chi connectivity index (χ1) is 7.75. The molecule has 2 aromatic rings. The highest BCUT2D eigenvalue weighted by Gasteiger charge is 2.09. The van der Waals surface area contributed by atoms with Crippen molar-refractivity contribution in [1.82, 2.24) is 10.3 Å². The van der Waals surface area contributed by atoms with E-state index in [0.717, 1.165) is 5.69 Å². The number of carbonyl (C=O) groups excluding carboxylic acids is 1. The van der Waals surface area contributed by atoms with Crippen LogP contribution in [0.5, 0.6) is 0 Å². The Labute approximate surface area is 100.0 Å². The molecule has 16 heavy (non-hydrogen) atoms. The fourth-order valence-corrected chi connectivity index (χ4v) is 1.50. The number of carbonyl (C=O) groups is 1. The summed E-state index contributed by atoms with van der Waals surface area (Å²) in [5, 5.41) is 2.72. The summed E-state index contributed by atoms with van der Waals surface area (Å²) in [5.41, 5.74) is 0.806. The van der Waals surface area contributed by atoms with Crippen molar-refractivity contribution in [3.05, 3.63) is 40.9 Å². The highest BCUT2D eigenvalue weighted by Crippen LogP contribution is 2.13. The molecule has 0 aromatic carbocycles. The van der Waals surface area contributed by atoms with Crippen molar-refractivity contribution < 1.29 is 13.6 Å². The van der Waals surface area contributed by atoms with Crippen molar-refractivity contribution in [2.24, 2.45) is 0 Å². The van der Waals surface area contributed by atoms with Gasteiger partial charge in [-0.15, -0.1) is 0 Å². The first-order valence-electron chi connectivity index (χ1n) is 4.66. The van der Waals surface area contributed by atoms with Gasteiger partial charge in [0.1, 0.15) is 6.26 Å². The number of aromatic nitrogens is 1. The minimum atomic E-state index is -0.241. The van der Waals surface area contributed by atoms with Gasteiger partial charge in [0.25, 0.3) is 5.91 Å². The van der Waals surface area contributed by atoms with Crippen molar-refractivity contribution in [2.75, 3.05) is 6.54 Å². The third-order valence-corrected chi connectivity index (χ3v) is 2.37. The zero-order chi connectivity index (χ0) is 11.4. The topological polar surface area (TPSA) is 68.3 Å². The maximum Gasteiger partial charge on any atom is 0.287 e. The Kier molecular flexibility index (Phi) is 3.40. The second-order valence-electron chi connectivity index (χ2n) is 3.09. The van der Waals surface area contributed by atoms with E-state index in [4.69, 9.17) is 8.83 Å². The van der Waals surface area contributed by atoms with E-state index < -0.39 is 0 Å². The van der Waals surface area contributed by atoms with Gasteiger partial charge in [0.05, 0.1) is 5.69 Å². The number of halogens is 1. The Morgan fingerprint density at radius 2 is 2.38 bits per heavy atom. The summed E-state index contributed by atoms with van der Waals surface area (Å²) in [6.45, 7) is 0.490. The highest BCUT2D eigenvalue weighted by atomic mass is 79.9. The molecule has 0 saturated carbocycles. The molecule has 1 N–H and O–H groups in total. The number of hydrogen-bond donors (Lipinski definition) is 1. The van der Waals surface area contributed by atoms with Crippen LogP contribution in [0.25, 0.3) is 0 Å². The van der Waals surface area contributed by atoms with Crippen LogP contribution in [-0.4, -0.2) is 17.4 Å². The third kappa shape index (κ3) is 2.73. The molecule has 0 aliphatic heterocycles. The van der Waals surface area contributed by atoms with Crippen LogP contribution in [-0.2, 0) is 6.42 Å². The molecule has 2 aromatic heterocycles. The number of furan rings is 1. The van der Waals surface area contributed by atoms with Crippen molar-refractivity contribution in [1.29, 1.82) is 0 Å². The first kappa shape index (κ1) is 10.9. The average molecular weight is 285 g/mol. The summed E-state index contributed by atoms with van der Waals surface area (Å²) in [5.74, 6) is 0.0428. The van der Waals surface area contributed by atoms with E-state index in [1.807, 2.05) is 0 Å². The molecular formula is C10H9BrN2O3. The second-order valence-corrected chi connectivity index (χ2v) is 3.87. The predicted molar refractivity (Wildman–Crippen MR) is 58.9 cm³/mol. The van der Waals surface area contributed by atoms with Crippen molar-refractivity contribution >= 4 is 21.8 Å². The maximum atomic E-state index is 11.5. The van der Waals surface area contributed by atoms with Crippen LogP contribution in [0.3, 0.4) is 0 Å². The molecule has 0 bridgehead atoms. The Morgan fingerprint density at radius 3 is 3.00 bits per heavy atom. The minimum Gasteiger partial charge on any atom is -0.451 e. The maximum absolute atomic E-state index is 11.5. The SMILES string of the molecule is O=C(NCCc1cocn1)c1ccc(Br)o1. The second kappa shape index (κ2) is 4.98. The predicted octanol–water partition coefficient (Wildman–Crippen LogP) is 2.00. The number of nitrogens with zero attached hydrogens (tertiary/aromatic N) is 1. The molecule has 0 fully saturated rings. The molecule has 2 rings (SSSR count). The van der Waals surface area contributed by atoms with Crippen LogP contribution in [0.1, 0.15) is 16.2 Å². The van der Waals surface area contributed by atoms with Gasteiger partial charge >= 0.3 is 0 Å². The van der Waals surface area contributed by atoms with Crippen LogP contribution in [0.4, 0.5) is 0 Å². The van der Waals surface area contributed by atoms with E-state index in [-0.39, 0.29) is 11.7 Å². The van der Waals surface area contributed by atoms with Gasteiger partial charge in [-0.25, -0.2) is 4.98 Å². The lowest BCUT2D eigenvalue weighted by atomic mass is 10.3. The Morgan fingerprint density at radius 1 is 1.50 bits per heavy atom. The molecule has 6 heteroatoms. The van der Waals surface area contributed by atoms with Gasteiger partial charge in [-0.2, -0.15) is 0 Å². The van der Waals surface area contributed by atoms with Crippen LogP contribution < -0.4 is 5.32 Å². The standard InChI is InChI=1S/C10H9BrN2O3/c11-9-2-1-8(16-9)10(14)12-4-3-7-5-15-6-13-7/h1-2,5-6H,3-4H2,(H,12,14). The van der Waals surface area contributed by atoms with E-state index in [1.165, 1.54) is 6.39 Å². The summed E-state index contributed by atoms with van der Waals surface area (Å²) < 4.78 is 10.5. The molecule has 2 heterocycles. The molecule has 0 saturated heterocycles. The van der Waals surface area contributed by atoms with Gasteiger partial charge in [0.2, 0.25) is 0 Å². The van der Waals surface area contributed by atoms with Crippen LogP contribution in [0.2, 0.25) is 0 Å². The molecule has 5 nitrogen and oxygen atoms in total. The number of amides is 1. The first-order valence-corrected chi connectivity index (χ1v) is 5.45. The molecule has 84 valence electrons. The number of rotatable bonds is 4. The quantitative estimate of drug-likeness (QED) is 0.932. The lowest BCUT2D eigenvalue weighted by molar-refractivity contribution is 0.0925. The molecular weight excluding hydrogens is 276 g/mol. The monoisotopic (exact) mass is 284 g/mol.